The molecule has 10 heteroatoms. The summed E-state index contributed by atoms with van der Waals surface area (Å²) in [7, 11) is 0. The summed E-state index contributed by atoms with van der Waals surface area (Å²) in [6.07, 6.45) is 0.461. The van der Waals surface area contributed by atoms with Crippen LogP contribution in [0.4, 0.5) is 5.82 Å². The number of aliphatic hydroxyl groups is 3. The van der Waals surface area contributed by atoms with Crippen LogP contribution in [0.3, 0.4) is 0 Å². The summed E-state index contributed by atoms with van der Waals surface area (Å²) < 4.78 is 7.01. The molecule has 3 rings (SSSR count). The quantitative estimate of drug-likeness (QED) is 0.590. The number of imidazole rings is 1. The first-order chi connectivity index (χ1) is 11.5. The van der Waals surface area contributed by atoms with Gasteiger partial charge < -0.3 is 25.4 Å². The van der Waals surface area contributed by atoms with Gasteiger partial charge in [0.2, 0.25) is 0 Å². The van der Waals surface area contributed by atoms with Crippen LogP contribution in [0.15, 0.2) is 23.8 Å². The number of fused-ring (bicyclic) bond motifs is 1. The Bertz CT molecular complexity index is 748. The Kier molecular flexibility index (Phi) is 4.97. The van der Waals surface area contributed by atoms with E-state index < -0.39 is 31.1 Å². The van der Waals surface area contributed by atoms with Crippen molar-refractivity contribution in [2.75, 3.05) is 18.5 Å². The molecule has 3 heterocycles. The van der Waals surface area contributed by atoms with Crippen LogP contribution in [-0.2, 0) is 4.74 Å². The zero-order valence-corrected chi connectivity index (χ0v) is 13.6. The first-order valence-corrected chi connectivity index (χ1v) is 7.77. The number of aliphatic hydroxyl groups excluding tert-OH is 3. The Labute approximate surface area is 142 Å². The lowest BCUT2D eigenvalue weighted by atomic mass is 10.1. The average molecular weight is 356 g/mol. The summed E-state index contributed by atoms with van der Waals surface area (Å²) in [5, 5.41) is 33.0. The predicted octanol–water partition coefficient (Wildman–Crippen LogP) is -0.00770. The summed E-state index contributed by atoms with van der Waals surface area (Å²) >= 11 is 5.79. The molecule has 2 aromatic heterocycles. The molecule has 0 aliphatic carbocycles. The van der Waals surface area contributed by atoms with Gasteiger partial charge in [0.05, 0.1) is 12.9 Å². The van der Waals surface area contributed by atoms with Crippen molar-refractivity contribution in [3.8, 4) is 0 Å². The number of anilines is 1. The normalized spacial score (nSPS) is 27.8. The smallest absolute Gasteiger partial charge is 0.167 e. The molecule has 0 aromatic carbocycles. The van der Waals surface area contributed by atoms with Crippen molar-refractivity contribution in [3.05, 3.63) is 23.8 Å². The van der Waals surface area contributed by atoms with Gasteiger partial charge in [-0.1, -0.05) is 17.7 Å². The van der Waals surface area contributed by atoms with E-state index in [1.54, 1.807) is 13.0 Å². The predicted molar refractivity (Wildman–Crippen MR) is 86.4 cm³/mol. The molecule has 9 nitrogen and oxygen atoms in total. The molecule has 0 bridgehead atoms. The molecule has 1 aliphatic rings. The molecule has 4 N–H and O–H groups in total. The van der Waals surface area contributed by atoms with Crippen molar-refractivity contribution in [1.82, 2.24) is 19.5 Å². The maximum Gasteiger partial charge on any atom is 0.167 e. The highest BCUT2D eigenvalue weighted by Crippen LogP contribution is 2.31. The van der Waals surface area contributed by atoms with E-state index in [-0.39, 0.29) is 0 Å². The SMILES string of the molecule is C/C(Cl)=C\CNc1ncnc2c1ncn2[C@H]1O[C@@H](CO)[C@@H](O)[C@H]1O. The van der Waals surface area contributed by atoms with E-state index in [1.807, 2.05) is 0 Å². The Morgan fingerprint density at radius 2 is 2.17 bits per heavy atom. The molecule has 1 saturated heterocycles. The third kappa shape index (κ3) is 3.08. The molecule has 0 saturated carbocycles. The fourth-order valence-electron chi connectivity index (χ4n) is 2.57. The lowest BCUT2D eigenvalue weighted by Gasteiger charge is -2.16. The van der Waals surface area contributed by atoms with E-state index in [2.05, 4.69) is 20.3 Å². The molecule has 1 aliphatic heterocycles. The number of nitrogens with one attached hydrogen (secondary N) is 1. The van der Waals surface area contributed by atoms with Gasteiger partial charge in [0.25, 0.3) is 0 Å². The maximum atomic E-state index is 10.1. The number of nitrogens with zero attached hydrogens (tertiary/aromatic N) is 4. The van der Waals surface area contributed by atoms with Crippen molar-refractivity contribution in [3.63, 3.8) is 0 Å². The topological polar surface area (TPSA) is 126 Å². The average Bonchev–Trinajstić information content (AvgIpc) is 3.10. The Morgan fingerprint density at radius 1 is 1.38 bits per heavy atom. The molecule has 2 aromatic rings. The van der Waals surface area contributed by atoms with Gasteiger partial charge in [0, 0.05) is 11.6 Å². The van der Waals surface area contributed by atoms with Crippen molar-refractivity contribution in [2.24, 2.45) is 0 Å². The van der Waals surface area contributed by atoms with Crippen LogP contribution in [-0.4, -0.2) is 66.3 Å². The van der Waals surface area contributed by atoms with E-state index >= 15 is 0 Å². The van der Waals surface area contributed by atoms with Gasteiger partial charge in [-0.05, 0) is 6.92 Å². The third-order valence-electron chi connectivity index (χ3n) is 3.80. The lowest BCUT2D eigenvalue weighted by molar-refractivity contribution is -0.0511. The molecule has 130 valence electrons. The largest absolute Gasteiger partial charge is 0.394 e. The maximum absolute atomic E-state index is 10.1. The van der Waals surface area contributed by atoms with E-state index in [0.717, 1.165) is 0 Å². The lowest BCUT2D eigenvalue weighted by Crippen LogP contribution is -2.33. The second-order valence-corrected chi connectivity index (χ2v) is 6.04. The summed E-state index contributed by atoms with van der Waals surface area (Å²) in [5.41, 5.74) is 0.935. The van der Waals surface area contributed by atoms with Gasteiger partial charge in [-0.15, -0.1) is 0 Å². The third-order valence-corrected chi connectivity index (χ3v) is 3.96. The van der Waals surface area contributed by atoms with Crippen molar-refractivity contribution < 1.29 is 20.1 Å². The minimum absolute atomic E-state index is 0.396. The van der Waals surface area contributed by atoms with Gasteiger partial charge in [0.1, 0.15) is 24.6 Å². The summed E-state index contributed by atoms with van der Waals surface area (Å²) in [6, 6.07) is 0. The fraction of sp³-hybridized carbons (Fsp3) is 0.500. The number of rotatable bonds is 5. The summed E-state index contributed by atoms with van der Waals surface area (Å²) in [4.78, 5) is 12.6. The summed E-state index contributed by atoms with van der Waals surface area (Å²) in [5.74, 6) is 0.514. The Morgan fingerprint density at radius 3 is 2.83 bits per heavy atom. The second-order valence-electron chi connectivity index (χ2n) is 5.45. The standard InChI is InChI=1S/C14H18ClN5O4/c1-7(15)2-3-16-12-9-13(18-5-17-12)20(6-19-9)14-11(23)10(22)8(4-21)24-14/h2,5-6,8,10-11,14,21-23H,3-4H2,1H3,(H,16,17,18)/b7-2+/t8-,10+,11+,14-/m0/s1. The van der Waals surface area contributed by atoms with Crippen LogP contribution in [0.5, 0.6) is 0 Å². The Balaban J connectivity index is 1.90. The zero-order chi connectivity index (χ0) is 17.3. The van der Waals surface area contributed by atoms with Gasteiger partial charge in [-0.3, -0.25) is 4.57 Å². The highest BCUT2D eigenvalue weighted by atomic mass is 35.5. The number of hydrogen-bond donors (Lipinski definition) is 4. The minimum atomic E-state index is -1.20. The number of hydrogen-bond acceptors (Lipinski definition) is 8. The van der Waals surface area contributed by atoms with E-state index in [9.17, 15) is 15.3 Å². The number of halogens is 1. The second kappa shape index (κ2) is 6.99. The van der Waals surface area contributed by atoms with Crippen LogP contribution in [0.2, 0.25) is 0 Å². The highest BCUT2D eigenvalue weighted by molar-refractivity contribution is 6.29. The molecule has 1 fully saturated rings. The molecule has 0 spiro atoms. The van der Waals surface area contributed by atoms with Crippen molar-refractivity contribution >= 4 is 28.6 Å². The first kappa shape index (κ1) is 17.1. The first-order valence-electron chi connectivity index (χ1n) is 7.39. The van der Waals surface area contributed by atoms with Crippen LogP contribution in [0.1, 0.15) is 13.2 Å². The fourth-order valence-corrected chi connectivity index (χ4v) is 2.64. The van der Waals surface area contributed by atoms with Gasteiger partial charge >= 0.3 is 0 Å². The molecular formula is C14H18ClN5O4. The molecule has 4 atom stereocenters. The molecule has 24 heavy (non-hydrogen) atoms. The van der Waals surface area contributed by atoms with E-state index in [4.69, 9.17) is 16.3 Å². The van der Waals surface area contributed by atoms with Gasteiger partial charge in [-0.25, -0.2) is 15.0 Å². The van der Waals surface area contributed by atoms with Crippen LogP contribution in [0.25, 0.3) is 11.2 Å². The molecular weight excluding hydrogens is 338 g/mol. The molecule has 0 unspecified atom stereocenters. The van der Waals surface area contributed by atoms with Gasteiger partial charge in [-0.2, -0.15) is 0 Å². The van der Waals surface area contributed by atoms with Crippen LogP contribution < -0.4 is 5.32 Å². The zero-order valence-electron chi connectivity index (χ0n) is 12.9. The van der Waals surface area contributed by atoms with Crippen LogP contribution >= 0.6 is 11.6 Å². The Hall–Kier alpha value is -1.78. The van der Waals surface area contributed by atoms with Crippen LogP contribution in [0, 0.1) is 0 Å². The molecule has 0 amide bonds. The monoisotopic (exact) mass is 355 g/mol. The number of ether oxygens (including phenoxy) is 1. The van der Waals surface area contributed by atoms with Crippen molar-refractivity contribution in [2.45, 2.75) is 31.5 Å². The summed E-state index contributed by atoms with van der Waals surface area (Å²) in [6.45, 7) is 1.85. The van der Waals surface area contributed by atoms with E-state index in [1.165, 1.54) is 17.2 Å². The van der Waals surface area contributed by atoms with Gasteiger partial charge in [0.15, 0.2) is 23.2 Å². The molecule has 0 radical (unpaired) electrons. The highest BCUT2D eigenvalue weighted by Gasteiger charge is 2.43. The number of allylic oxidation sites excluding steroid dienone is 1. The van der Waals surface area contributed by atoms with E-state index in [0.29, 0.717) is 28.6 Å². The number of aromatic nitrogens is 4. The minimum Gasteiger partial charge on any atom is -0.394 e. The van der Waals surface area contributed by atoms with Crippen molar-refractivity contribution in [1.29, 1.82) is 0 Å².